The van der Waals surface area contributed by atoms with Crippen molar-refractivity contribution in [3.63, 3.8) is 0 Å². The third kappa shape index (κ3) is 3.76. The molecule has 1 amide bonds. The highest BCUT2D eigenvalue weighted by atomic mass is 32.2. The number of hydrogen-bond donors (Lipinski definition) is 1. The summed E-state index contributed by atoms with van der Waals surface area (Å²) in [5, 5.41) is 7.50. The second-order valence-electron chi connectivity index (χ2n) is 4.61. The van der Waals surface area contributed by atoms with Crippen molar-refractivity contribution in [3.05, 3.63) is 63.3 Å². The second kappa shape index (κ2) is 7.09. The van der Waals surface area contributed by atoms with Gasteiger partial charge in [-0.3, -0.25) is 10.1 Å². The molecule has 1 N–H and O–H groups in total. The van der Waals surface area contributed by atoms with E-state index in [1.165, 1.54) is 16.2 Å². The summed E-state index contributed by atoms with van der Waals surface area (Å²) in [4.78, 5) is 19.0. The largest absolute Gasteiger partial charge is 0.298 e. The van der Waals surface area contributed by atoms with Gasteiger partial charge in [0.25, 0.3) is 5.91 Å². The number of thiophene rings is 1. The Labute approximate surface area is 141 Å². The molecule has 0 bridgehead atoms. The molecule has 112 valence electrons. The lowest BCUT2D eigenvalue weighted by molar-refractivity contribution is 0.102. The summed E-state index contributed by atoms with van der Waals surface area (Å²) >= 11 is 4.86. The molecule has 3 rings (SSSR count). The number of thiazole rings is 1. The fraction of sp³-hybridized carbons (Fsp3) is 0.125. The van der Waals surface area contributed by atoms with Crippen molar-refractivity contribution in [1.29, 1.82) is 0 Å². The summed E-state index contributed by atoms with van der Waals surface area (Å²) < 4.78 is 0. The van der Waals surface area contributed by atoms with Crippen LogP contribution in [-0.4, -0.2) is 10.9 Å². The first-order valence-corrected chi connectivity index (χ1v) is 9.44. The van der Waals surface area contributed by atoms with Gasteiger partial charge in [-0.2, -0.15) is 0 Å². The molecule has 22 heavy (non-hydrogen) atoms. The van der Waals surface area contributed by atoms with Gasteiger partial charge in [0.05, 0.1) is 11.3 Å². The molecular weight excluding hydrogens is 332 g/mol. The van der Waals surface area contributed by atoms with Crippen LogP contribution in [0.15, 0.2) is 52.1 Å². The summed E-state index contributed by atoms with van der Waals surface area (Å²) in [6, 6.07) is 11.8. The fourth-order valence-electron chi connectivity index (χ4n) is 1.90. The van der Waals surface area contributed by atoms with E-state index in [0.29, 0.717) is 10.7 Å². The number of anilines is 1. The number of aryl methyl sites for hydroxylation is 1. The summed E-state index contributed by atoms with van der Waals surface area (Å²) in [5.74, 6) is 0.766. The van der Waals surface area contributed by atoms with Crippen molar-refractivity contribution >= 4 is 45.5 Å². The maximum atomic E-state index is 12.5. The van der Waals surface area contributed by atoms with Gasteiger partial charge < -0.3 is 0 Å². The van der Waals surface area contributed by atoms with E-state index in [0.717, 1.165) is 16.3 Å². The SMILES string of the molecule is Cc1csc(NC(=O)c2ccccc2SCc2cccs2)n1. The average molecular weight is 347 g/mol. The van der Waals surface area contributed by atoms with Gasteiger partial charge in [-0.25, -0.2) is 4.98 Å². The molecule has 0 radical (unpaired) electrons. The molecule has 6 heteroatoms. The lowest BCUT2D eigenvalue weighted by atomic mass is 10.2. The van der Waals surface area contributed by atoms with E-state index in [2.05, 4.69) is 21.7 Å². The first-order valence-electron chi connectivity index (χ1n) is 6.70. The highest BCUT2D eigenvalue weighted by Gasteiger charge is 2.13. The van der Waals surface area contributed by atoms with Crippen LogP contribution in [0.4, 0.5) is 5.13 Å². The predicted octanol–water partition coefficient (Wildman–Crippen LogP) is 5.06. The van der Waals surface area contributed by atoms with Crippen molar-refractivity contribution in [2.45, 2.75) is 17.6 Å². The molecule has 0 aliphatic heterocycles. The Balaban J connectivity index is 1.73. The van der Waals surface area contributed by atoms with Crippen LogP contribution in [-0.2, 0) is 5.75 Å². The Morgan fingerprint density at radius 3 is 2.82 bits per heavy atom. The summed E-state index contributed by atoms with van der Waals surface area (Å²) in [5.41, 5.74) is 1.61. The second-order valence-corrected chi connectivity index (χ2v) is 7.52. The lowest BCUT2D eigenvalue weighted by Crippen LogP contribution is -2.12. The van der Waals surface area contributed by atoms with E-state index in [1.54, 1.807) is 23.1 Å². The Morgan fingerprint density at radius 2 is 2.09 bits per heavy atom. The van der Waals surface area contributed by atoms with E-state index in [-0.39, 0.29) is 5.91 Å². The Kier molecular flexibility index (Phi) is 4.92. The molecule has 0 aliphatic carbocycles. The Morgan fingerprint density at radius 1 is 1.23 bits per heavy atom. The standard InChI is InChI=1S/C16H14N2OS3/c1-11-9-22-16(17-11)18-15(19)13-6-2-3-7-14(13)21-10-12-5-4-8-20-12/h2-9H,10H2,1H3,(H,17,18,19). The topological polar surface area (TPSA) is 42.0 Å². The van der Waals surface area contributed by atoms with Crippen molar-refractivity contribution in [2.75, 3.05) is 5.32 Å². The number of nitrogens with one attached hydrogen (secondary N) is 1. The van der Waals surface area contributed by atoms with Crippen LogP contribution in [0.1, 0.15) is 20.9 Å². The lowest BCUT2D eigenvalue weighted by Gasteiger charge is -2.08. The smallest absolute Gasteiger partial charge is 0.258 e. The molecule has 0 saturated carbocycles. The first-order chi connectivity index (χ1) is 10.7. The van der Waals surface area contributed by atoms with Gasteiger partial charge in [0.1, 0.15) is 0 Å². The molecule has 0 saturated heterocycles. The number of carbonyl (C=O) groups excluding carboxylic acids is 1. The molecule has 0 unspecified atom stereocenters. The molecule has 3 nitrogen and oxygen atoms in total. The maximum Gasteiger partial charge on any atom is 0.258 e. The van der Waals surface area contributed by atoms with Crippen LogP contribution in [0, 0.1) is 6.92 Å². The zero-order chi connectivity index (χ0) is 15.4. The van der Waals surface area contributed by atoms with Crippen LogP contribution in [0.5, 0.6) is 0 Å². The third-order valence-electron chi connectivity index (χ3n) is 2.92. The van der Waals surface area contributed by atoms with E-state index in [4.69, 9.17) is 0 Å². The summed E-state index contributed by atoms with van der Waals surface area (Å²) in [6.45, 7) is 1.91. The summed E-state index contributed by atoms with van der Waals surface area (Å²) in [7, 11) is 0. The number of aromatic nitrogens is 1. The van der Waals surface area contributed by atoms with Crippen LogP contribution in [0.3, 0.4) is 0 Å². The van der Waals surface area contributed by atoms with Gasteiger partial charge in [0.2, 0.25) is 0 Å². The number of rotatable bonds is 5. The van der Waals surface area contributed by atoms with Crippen molar-refractivity contribution in [2.24, 2.45) is 0 Å². The molecule has 0 aliphatic rings. The van der Waals surface area contributed by atoms with Crippen LogP contribution in [0.2, 0.25) is 0 Å². The number of benzene rings is 1. The highest BCUT2D eigenvalue weighted by molar-refractivity contribution is 7.98. The fourth-order valence-corrected chi connectivity index (χ4v) is 4.41. The minimum absolute atomic E-state index is 0.108. The minimum Gasteiger partial charge on any atom is -0.298 e. The minimum atomic E-state index is -0.108. The van der Waals surface area contributed by atoms with Crippen LogP contribution < -0.4 is 5.32 Å². The molecular formula is C16H14N2OS3. The highest BCUT2D eigenvalue weighted by Crippen LogP contribution is 2.28. The molecule has 1 aromatic carbocycles. The van der Waals surface area contributed by atoms with Crippen molar-refractivity contribution in [1.82, 2.24) is 4.98 Å². The molecule has 0 atom stereocenters. The average Bonchev–Trinajstić information content (AvgIpc) is 3.17. The van der Waals surface area contributed by atoms with Gasteiger partial charge in [0, 0.05) is 20.9 Å². The monoisotopic (exact) mass is 346 g/mol. The zero-order valence-corrected chi connectivity index (χ0v) is 14.4. The first kappa shape index (κ1) is 15.3. The molecule has 0 spiro atoms. The number of hydrogen-bond acceptors (Lipinski definition) is 5. The van der Waals surface area contributed by atoms with E-state index < -0.39 is 0 Å². The molecule has 2 aromatic heterocycles. The number of carbonyl (C=O) groups is 1. The number of nitrogens with zero attached hydrogens (tertiary/aromatic N) is 1. The van der Waals surface area contributed by atoms with Crippen molar-refractivity contribution < 1.29 is 4.79 Å². The van der Waals surface area contributed by atoms with Gasteiger partial charge in [-0.1, -0.05) is 18.2 Å². The third-order valence-corrected chi connectivity index (χ3v) is 5.98. The van der Waals surface area contributed by atoms with Gasteiger partial charge >= 0.3 is 0 Å². The molecule has 3 aromatic rings. The number of thioether (sulfide) groups is 1. The Hall–Kier alpha value is -1.63. The van der Waals surface area contributed by atoms with Crippen molar-refractivity contribution in [3.8, 4) is 0 Å². The van der Waals surface area contributed by atoms with Gasteiger partial charge in [-0.15, -0.1) is 34.4 Å². The van der Waals surface area contributed by atoms with E-state index >= 15 is 0 Å². The van der Waals surface area contributed by atoms with Crippen LogP contribution in [0.25, 0.3) is 0 Å². The normalized spacial score (nSPS) is 10.6. The van der Waals surface area contributed by atoms with Crippen LogP contribution >= 0.6 is 34.4 Å². The molecule has 2 heterocycles. The van der Waals surface area contributed by atoms with E-state index in [9.17, 15) is 4.79 Å². The quantitative estimate of drug-likeness (QED) is 0.657. The number of amides is 1. The summed E-state index contributed by atoms with van der Waals surface area (Å²) in [6.07, 6.45) is 0. The van der Waals surface area contributed by atoms with E-state index in [1.807, 2.05) is 42.6 Å². The molecule has 0 fully saturated rings. The predicted molar refractivity (Wildman–Crippen MR) is 95.1 cm³/mol. The maximum absolute atomic E-state index is 12.5. The Bertz CT molecular complexity index is 765. The van der Waals surface area contributed by atoms with Gasteiger partial charge in [0.15, 0.2) is 5.13 Å². The zero-order valence-electron chi connectivity index (χ0n) is 11.9. The van der Waals surface area contributed by atoms with Gasteiger partial charge in [-0.05, 0) is 30.5 Å².